The molecule has 0 amide bonds. The van der Waals surface area contributed by atoms with Crippen LogP contribution in [-0.4, -0.2) is 5.11 Å². The van der Waals surface area contributed by atoms with Crippen LogP contribution < -0.4 is 10.4 Å². The summed E-state index contributed by atoms with van der Waals surface area (Å²) in [5, 5.41) is 10.1. The van der Waals surface area contributed by atoms with Crippen LogP contribution in [0.25, 0.3) is 11.0 Å². The van der Waals surface area contributed by atoms with Crippen molar-refractivity contribution in [2.75, 3.05) is 0 Å². The number of aromatic hydroxyl groups is 1. The van der Waals surface area contributed by atoms with Gasteiger partial charge in [0.05, 0.1) is 0 Å². The molecule has 0 unspecified atom stereocenters. The van der Waals surface area contributed by atoms with Crippen LogP contribution >= 0.6 is 15.9 Å². The molecule has 3 rings (SSSR count). The van der Waals surface area contributed by atoms with Crippen molar-refractivity contribution in [3.8, 4) is 11.5 Å². The maximum absolute atomic E-state index is 13.7. The molecule has 1 aromatic heterocycles. The number of halogens is 2. The predicted molar refractivity (Wildman–Crippen MR) is 82.6 cm³/mol. The molecule has 22 heavy (non-hydrogen) atoms. The number of ether oxygens (including phenoxy) is 1. The monoisotopic (exact) mass is 364 g/mol. The van der Waals surface area contributed by atoms with E-state index in [2.05, 4.69) is 15.9 Å². The van der Waals surface area contributed by atoms with Gasteiger partial charge in [-0.25, -0.2) is 9.18 Å². The minimum absolute atomic E-state index is 0.00538. The first-order valence-electron chi connectivity index (χ1n) is 6.36. The summed E-state index contributed by atoms with van der Waals surface area (Å²) in [4.78, 5) is 11.6. The second-order valence-corrected chi connectivity index (χ2v) is 5.55. The van der Waals surface area contributed by atoms with Gasteiger partial charge in [-0.2, -0.15) is 0 Å². The fraction of sp³-hybridized carbons (Fsp3) is 0.0625. The van der Waals surface area contributed by atoms with E-state index in [0.717, 1.165) is 0 Å². The van der Waals surface area contributed by atoms with E-state index in [1.165, 1.54) is 30.3 Å². The van der Waals surface area contributed by atoms with Gasteiger partial charge in [-0.05, 0) is 30.3 Å². The Bertz CT molecular complexity index is 904. The zero-order chi connectivity index (χ0) is 15.7. The fourth-order valence-corrected chi connectivity index (χ4v) is 2.42. The Hall–Kier alpha value is -2.34. The SMILES string of the molecule is O=c1cc(COc2ccc(Br)cc2F)c2ccc(O)cc2o1. The van der Waals surface area contributed by atoms with Crippen molar-refractivity contribution in [1.82, 2.24) is 0 Å². The maximum atomic E-state index is 13.7. The molecule has 4 nitrogen and oxygen atoms in total. The van der Waals surface area contributed by atoms with Crippen molar-refractivity contribution in [3.05, 3.63) is 68.7 Å². The number of phenolic OH excluding ortho intramolecular Hbond substituents is 1. The van der Waals surface area contributed by atoms with Gasteiger partial charge in [0, 0.05) is 27.6 Å². The third kappa shape index (κ3) is 2.96. The molecule has 1 heterocycles. The van der Waals surface area contributed by atoms with Crippen molar-refractivity contribution < 1.29 is 18.7 Å². The molecule has 112 valence electrons. The lowest BCUT2D eigenvalue weighted by Gasteiger charge is -2.09. The van der Waals surface area contributed by atoms with Gasteiger partial charge in [-0.1, -0.05) is 15.9 Å². The first kappa shape index (κ1) is 14.6. The van der Waals surface area contributed by atoms with E-state index in [-0.39, 0.29) is 23.7 Å². The average Bonchev–Trinajstić information content (AvgIpc) is 2.45. The molecule has 0 saturated heterocycles. The molecule has 1 N–H and O–H groups in total. The van der Waals surface area contributed by atoms with Gasteiger partial charge in [0.2, 0.25) is 0 Å². The molecule has 0 fully saturated rings. The molecular formula is C16H10BrFO4. The lowest BCUT2D eigenvalue weighted by molar-refractivity contribution is 0.290. The molecule has 0 aliphatic heterocycles. The molecule has 0 bridgehead atoms. The van der Waals surface area contributed by atoms with Crippen molar-refractivity contribution >= 4 is 26.9 Å². The van der Waals surface area contributed by atoms with E-state index in [1.807, 2.05) is 0 Å². The van der Waals surface area contributed by atoms with Crippen LogP contribution in [0.4, 0.5) is 4.39 Å². The molecule has 0 radical (unpaired) electrons. The van der Waals surface area contributed by atoms with E-state index in [1.54, 1.807) is 12.1 Å². The zero-order valence-electron chi connectivity index (χ0n) is 11.2. The molecule has 3 aromatic rings. The highest BCUT2D eigenvalue weighted by Gasteiger charge is 2.09. The standard InChI is InChI=1S/C16H10BrFO4/c17-10-1-4-14(13(18)6-10)21-8-9-5-16(20)22-15-7-11(19)2-3-12(9)15/h1-7,19H,8H2. The Labute approximate surface area is 132 Å². The number of hydrogen-bond donors (Lipinski definition) is 1. The minimum Gasteiger partial charge on any atom is -0.508 e. The third-order valence-corrected chi connectivity index (χ3v) is 3.58. The van der Waals surface area contributed by atoms with Crippen LogP contribution in [0.5, 0.6) is 11.5 Å². The van der Waals surface area contributed by atoms with E-state index in [9.17, 15) is 14.3 Å². The number of phenols is 1. The van der Waals surface area contributed by atoms with Gasteiger partial charge in [-0.15, -0.1) is 0 Å². The molecule has 6 heteroatoms. The zero-order valence-corrected chi connectivity index (χ0v) is 12.8. The number of hydrogen-bond acceptors (Lipinski definition) is 4. The van der Waals surface area contributed by atoms with Crippen LogP contribution in [0, 0.1) is 5.82 Å². The van der Waals surface area contributed by atoms with Crippen molar-refractivity contribution in [3.63, 3.8) is 0 Å². The molecular weight excluding hydrogens is 355 g/mol. The summed E-state index contributed by atoms with van der Waals surface area (Å²) in [7, 11) is 0. The minimum atomic E-state index is -0.562. The number of rotatable bonds is 3. The average molecular weight is 365 g/mol. The Morgan fingerprint density at radius 2 is 2.00 bits per heavy atom. The van der Waals surface area contributed by atoms with E-state index in [4.69, 9.17) is 9.15 Å². The number of fused-ring (bicyclic) bond motifs is 1. The Morgan fingerprint density at radius 3 is 2.77 bits per heavy atom. The Kier molecular flexibility index (Phi) is 3.85. The van der Waals surface area contributed by atoms with E-state index in [0.29, 0.717) is 15.4 Å². The summed E-state index contributed by atoms with van der Waals surface area (Å²) in [6.45, 7) is 0.00538. The smallest absolute Gasteiger partial charge is 0.336 e. The van der Waals surface area contributed by atoms with Crippen LogP contribution in [0.3, 0.4) is 0 Å². The van der Waals surface area contributed by atoms with E-state index >= 15 is 0 Å². The molecule has 0 atom stereocenters. The summed E-state index contributed by atoms with van der Waals surface area (Å²) in [6, 6.07) is 10.2. The predicted octanol–water partition coefficient (Wildman–Crippen LogP) is 3.98. The van der Waals surface area contributed by atoms with Gasteiger partial charge >= 0.3 is 5.63 Å². The van der Waals surface area contributed by atoms with Gasteiger partial charge in [0.1, 0.15) is 17.9 Å². The Morgan fingerprint density at radius 1 is 1.18 bits per heavy atom. The molecule has 0 spiro atoms. The Balaban J connectivity index is 1.95. The van der Waals surface area contributed by atoms with Gasteiger partial charge in [-0.3, -0.25) is 0 Å². The quantitative estimate of drug-likeness (QED) is 0.714. The maximum Gasteiger partial charge on any atom is 0.336 e. The normalized spacial score (nSPS) is 10.8. The molecule has 0 aliphatic carbocycles. The topological polar surface area (TPSA) is 59.7 Å². The van der Waals surface area contributed by atoms with Gasteiger partial charge in [0.25, 0.3) is 0 Å². The van der Waals surface area contributed by atoms with Crippen molar-refractivity contribution in [2.24, 2.45) is 0 Å². The third-order valence-electron chi connectivity index (χ3n) is 3.09. The lowest BCUT2D eigenvalue weighted by atomic mass is 10.1. The molecule has 0 saturated carbocycles. The highest BCUT2D eigenvalue weighted by atomic mass is 79.9. The summed E-state index contributed by atoms with van der Waals surface area (Å²) in [5.41, 5.74) is 0.240. The van der Waals surface area contributed by atoms with Gasteiger partial charge in [0.15, 0.2) is 11.6 Å². The largest absolute Gasteiger partial charge is 0.508 e. The lowest BCUT2D eigenvalue weighted by Crippen LogP contribution is -2.04. The van der Waals surface area contributed by atoms with Crippen LogP contribution in [-0.2, 0) is 6.61 Å². The van der Waals surface area contributed by atoms with Crippen LogP contribution in [0.2, 0.25) is 0 Å². The first-order valence-corrected chi connectivity index (χ1v) is 7.16. The van der Waals surface area contributed by atoms with Crippen LogP contribution in [0.15, 0.2) is 56.1 Å². The molecule has 2 aromatic carbocycles. The summed E-state index contributed by atoms with van der Waals surface area (Å²) in [6.07, 6.45) is 0. The highest BCUT2D eigenvalue weighted by molar-refractivity contribution is 9.10. The van der Waals surface area contributed by atoms with Crippen molar-refractivity contribution in [1.29, 1.82) is 0 Å². The highest BCUT2D eigenvalue weighted by Crippen LogP contribution is 2.25. The first-order chi connectivity index (χ1) is 10.5. The molecule has 0 aliphatic rings. The van der Waals surface area contributed by atoms with Crippen LogP contribution in [0.1, 0.15) is 5.56 Å². The van der Waals surface area contributed by atoms with Crippen molar-refractivity contribution in [2.45, 2.75) is 6.61 Å². The second kappa shape index (κ2) is 5.81. The summed E-state index contributed by atoms with van der Waals surface area (Å²) < 4.78 is 24.8. The van der Waals surface area contributed by atoms with Gasteiger partial charge < -0.3 is 14.3 Å². The second-order valence-electron chi connectivity index (χ2n) is 4.63. The summed E-state index contributed by atoms with van der Waals surface area (Å²) >= 11 is 3.17. The van der Waals surface area contributed by atoms with E-state index < -0.39 is 11.4 Å². The number of benzene rings is 2. The fourth-order valence-electron chi connectivity index (χ4n) is 2.09. The summed E-state index contributed by atoms with van der Waals surface area (Å²) in [5.74, 6) is -0.421.